The number of hydrogen-bond donors (Lipinski definition) is 2. The molecule has 0 unspecified atom stereocenters. The smallest absolute Gasteiger partial charge is 0.325 e. The molecule has 0 aliphatic carbocycles. The van der Waals surface area contributed by atoms with Gasteiger partial charge in [0.2, 0.25) is 0 Å². The Hall–Kier alpha value is -3.08. The molecule has 2 aromatic carbocycles. The summed E-state index contributed by atoms with van der Waals surface area (Å²) in [5.74, 6) is 0.819. The van der Waals surface area contributed by atoms with Gasteiger partial charge >= 0.3 is 5.69 Å². The zero-order valence-electron chi connectivity index (χ0n) is 15.2. The summed E-state index contributed by atoms with van der Waals surface area (Å²) >= 11 is 0. The second-order valence-electron chi connectivity index (χ2n) is 6.47. The van der Waals surface area contributed by atoms with Gasteiger partial charge in [0.15, 0.2) is 0 Å². The van der Waals surface area contributed by atoms with Crippen LogP contribution in [0.5, 0.6) is 5.75 Å². The Balaban J connectivity index is 1.58. The Labute approximate surface area is 158 Å². The van der Waals surface area contributed by atoms with Gasteiger partial charge in [0.05, 0.1) is 6.61 Å². The van der Waals surface area contributed by atoms with Crippen LogP contribution in [0.3, 0.4) is 0 Å². The van der Waals surface area contributed by atoms with Gasteiger partial charge in [-0.15, -0.1) is 0 Å². The maximum Gasteiger partial charge on any atom is 0.325 e. The van der Waals surface area contributed by atoms with E-state index in [-0.39, 0.29) is 5.56 Å². The SMILES string of the molecule is O=c1[nH]c(CCCOc2ccccc2)c(CCCc2ccccc2)c(=O)[nH]1. The summed E-state index contributed by atoms with van der Waals surface area (Å²) in [4.78, 5) is 29.1. The van der Waals surface area contributed by atoms with Crippen LogP contribution in [0.4, 0.5) is 0 Å². The molecule has 0 radical (unpaired) electrons. The van der Waals surface area contributed by atoms with E-state index >= 15 is 0 Å². The maximum atomic E-state index is 12.3. The molecular weight excluding hydrogens is 340 g/mol. The molecule has 0 saturated heterocycles. The highest BCUT2D eigenvalue weighted by Gasteiger charge is 2.09. The lowest BCUT2D eigenvalue weighted by Crippen LogP contribution is -2.28. The van der Waals surface area contributed by atoms with Crippen LogP contribution in [0.25, 0.3) is 0 Å². The minimum Gasteiger partial charge on any atom is -0.494 e. The van der Waals surface area contributed by atoms with Crippen LogP contribution in [0.2, 0.25) is 0 Å². The molecule has 5 heteroatoms. The van der Waals surface area contributed by atoms with Crippen molar-refractivity contribution in [3.8, 4) is 5.75 Å². The Morgan fingerprint density at radius 2 is 1.44 bits per heavy atom. The number of rotatable bonds is 9. The molecule has 1 heterocycles. The number of nitrogens with one attached hydrogen (secondary N) is 2. The van der Waals surface area contributed by atoms with Crippen molar-refractivity contribution in [2.75, 3.05) is 6.61 Å². The van der Waals surface area contributed by atoms with E-state index in [4.69, 9.17) is 4.74 Å². The molecule has 27 heavy (non-hydrogen) atoms. The summed E-state index contributed by atoms with van der Waals surface area (Å²) in [5.41, 5.74) is 1.89. The minimum atomic E-state index is -0.453. The van der Waals surface area contributed by atoms with Crippen molar-refractivity contribution in [3.05, 3.63) is 98.3 Å². The normalized spacial score (nSPS) is 10.7. The monoisotopic (exact) mass is 364 g/mol. The first-order chi connectivity index (χ1) is 13.2. The number of ether oxygens (including phenoxy) is 1. The van der Waals surface area contributed by atoms with Crippen molar-refractivity contribution < 1.29 is 4.74 Å². The Bertz CT molecular complexity index is 947. The van der Waals surface area contributed by atoms with E-state index in [2.05, 4.69) is 22.1 Å². The van der Waals surface area contributed by atoms with Crippen LogP contribution in [0.1, 0.15) is 29.7 Å². The van der Waals surface area contributed by atoms with Gasteiger partial charge < -0.3 is 9.72 Å². The van der Waals surface area contributed by atoms with Crippen LogP contribution >= 0.6 is 0 Å². The zero-order chi connectivity index (χ0) is 18.9. The molecule has 0 bridgehead atoms. The standard InChI is InChI=1S/C22H24N2O3/c25-21-19(14-7-11-17-9-3-1-4-10-17)20(23-22(26)24-21)15-8-16-27-18-12-5-2-6-13-18/h1-6,9-10,12-13H,7-8,11,14-16H2,(H2,23,24,25,26). The third-order valence-corrected chi connectivity index (χ3v) is 4.45. The summed E-state index contributed by atoms with van der Waals surface area (Å²) < 4.78 is 5.69. The van der Waals surface area contributed by atoms with Crippen molar-refractivity contribution in [2.24, 2.45) is 0 Å². The summed E-state index contributed by atoms with van der Waals surface area (Å²) in [6.45, 7) is 0.530. The summed E-state index contributed by atoms with van der Waals surface area (Å²) in [6.07, 6.45) is 3.71. The Morgan fingerprint density at radius 3 is 2.19 bits per heavy atom. The van der Waals surface area contributed by atoms with Gasteiger partial charge in [0, 0.05) is 11.3 Å². The zero-order valence-corrected chi connectivity index (χ0v) is 15.2. The summed E-state index contributed by atoms with van der Waals surface area (Å²) in [7, 11) is 0. The van der Waals surface area contributed by atoms with Crippen molar-refractivity contribution >= 4 is 0 Å². The molecule has 0 aliphatic heterocycles. The lowest BCUT2D eigenvalue weighted by Gasteiger charge is -2.09. The number of benzene rings is 2. The van der Waals surface area contributed by atoms with Gasteiger partial charge in [0.25, 0.3) is 5.56 Å². The fourth-order valence-corrected chi connectivity index (χ4v) is 3.11. The topological polar surface area (TPSA) is 75.0 Å². The van der Waals surface area contributed by atoms with E-state index in [0.717, 1.165) is 25.0 Å². The third kappa shape index (κ3) is 5.71. The lowest BCUT2D eigenvalue weighted by atomic mass is 10.0. The quantitative estimate of drug-likeness (QED) is 0.572. The molecule has 3 aromatic rings. The van der Waals surface area contributed by atoms with Crippen LogP contribution in [-0.4, -0.2) is 16.6 Å². The van der Waals surface area contributed by atoms with E-state index in [1.54, 1.807) is 0 Å². The molecule has 5 nitrogen and oxygen atoms in total. The molecular formula is C22H24N2O3. The first-order valence-electron chi connectivity index (χ1n) is 9.28. The highest BCUT2D eigenvalue weighted by atomic mass is 16.5. The van der Waals surface area contributed by atoms with Gasteiger partial charge in [-0.3, -0.25) is 9.78 Å². The molecule has 0 spiro atoms. The summed E-state index contributed by atoms with van der Waals surface area (Å²) in [6, 6.07) is 19.8. The highest BCUT2D eigenvalue weighted by molar-refractivity contribution is 5.21. The fourth-order valence-electron chi connectivity index (χ4n) is 3.11. The van der Waals surface area contributed by atoms with Crippen molar-refractivity contribution in [1.29, 1.82) is 0 Å². The Kier molecular flexibility index (Phi) is 6.63. The second kappa shape index (κ2) is 9.57. The van der Waals surface area contributed by atoms with E-state index < -0.39 is 5.69 Å². The number of aryl methyl sites for hydroxylation is 2. The molecule has 0 atom stereocenters. The average Bonchev–Trinajstić information content (AvgIpc) is 2.68. The Morgan fingerprint density at radius 1 is 0.741 bits per heavy atom. The van der Waals surface area contributed by atoms with E-state index in [1.807, 2.05) is 48.5 Å². The van der Waals surface area contributed by atoms with Crippen molar-refractivity contribution in [1.82, 2.24) is 9.97 Å². The first kappa shape index (κ1) is 18.7. The number of para-hydroxylation sites is 1. The largest absolute Gasteiger partial charge is 0.494 e. The van der Waals surface area contributed by atoms with Crippen LogP contribution in [0, 0.1) is 0 Å². The lowest BCUT2D eigenvalue weighted by molar-refractivity contribution is 0.310. The van der Waals surface area contributed by atoms with Crippen LogP contribution in [-0.2, 0) is 19.3 Å². The van der Waals surface area contributed by atoms with Crippen molar-refractivity contribution in [2.45, 2.75) is 32.1 Å². The van der Waals surface area contributed by atoms with E-state index in [0.29, 0.717) is 30.7 Å². The summed E-state index contributed by atoms with van der Waals surface area (Å²) in [5, 5.41) is 0. The molecule has 140 valence electrons. The van der Waals surface area contributed by atoms with Crippen LogP contribution in [0.15, 0.2) is 70.3 Å². The predicted molar refractivity (Wildman–Crippen MR) is 106 cm³/mol. The minimum absolute atomic E-state index is 0.286. The molecule has 3 rings (SSSR count). The number of aromatic amines is 2. The van der Waals surface area contributed by atoms with Gasteiger partial charge in [-0.25, -0.2) is 4.79 Å². The van der Waals surface area contributed by atoms with Crippen molar-refractivity contribution in [3.63, 3.8) is 0 Å². The maximum absolute atomic E-state index is 12.3. The van der Waals surface area contributed by atoms with Crippen LogP contribution < -0.4 is 16.0 Å². The molecule has 0 amide bonds. The van der Waals surface area contributed by atoms with E-state index in [1.165, 1.54) is 5.56 Å². The number of aromatic nitrogens is 2. The van der Waals surface area contributed by atoms with E-state index in [9.17, 15) is 9.59 Å². The highest BCUT2D eigenvalue weighted by Crippen LogP contribution is 2.11. The van der Waals surface area contributed by atoms with Gasteiger partial charge in [-0.1, -0.05) is 48.5 Å². The molecule has 1 aromatic heterocycles. The molecule has 0 fully saturated rings. The second-order valence-corrected chi connectivity index (χ2v) is 6.47. The molecule has 0 aliphatic rings. The first-order valence-corrected chi connectivity index (χ1v) is 9.28. The fraction of sp³-hybridized carbons (Fsp3) is 0.273. The third-order valence-electron chi connectivity index (χ3n) is 4.45. The molecule has 2 N–H and O–H groups in total. The van der Waals surface area contributed by atoms with Gasteiger partial charge in [-0.05, 0) is 49.8 Å². The number of hydrogen-bond acceptors (Lipinski definition) is 3. The van der Waals surface area contributed by atoms with Gasteiger partial charge in [-0.2, -0.15) is 0 Å². The predicted octanol–water partition coefficient (Wildman–Crippen LogP) is 3.25. The molecule has 0 saturated carbocycles. The average molecular weight is 364 g/mol. The number of H-pyrrole nitrogens is 2. The van der Waals surface area contributed by atoms with Gasteiger partial charge in [0.1, 0.15) is 5.75 Å².